The van der Waals surface area contributed by atoms with Crippen molar-refractivity contribution in [1.82, 2.24) is 0 Å². The Morgan fingerprint density at radius 1 is 1.38 bits per heavy atom. The number of nitrogens with zero attached hydrogens (tertiary/aromatic N) is 2. The Balaban J connectivity index is 2.31. The van der Waals surface area contributed by atoms with Crippen LogP contribution in [0.4, 0.5) is 5.69 Å². The number of anilines is 1. The molecule has 0 bridgehead atoms. The number of sulfonamides is 1. The monoisotopic (exact) mass is 308 g/mol. The van der Waals surface area contributed by atoms with Gasteiger partial charge in [0.25, 0.3) is 10.0 Å². The summed E-state index contributed by atoms with van der Waals surface area (Å²) in [5.74, 6) is -0.382. The fraction of sp³-hybridized carbons (Fsp3) is 0.286. The fourth-order valence-electron chi connectivity index (χ4n) is 2.01. The van der Waals surface area contributed by atoms with Gasteiger partial charge in [-0.15, -0.1) is 4.40 Å². The molecule has 0 atom stereocenters. The topological polar surface area (TPSA) is 76.0 Å². The first kappa shape index (κ1) is 15.2. The van der Waals surface area contributed by atoms with Gasteiger partial charge in [-0.3, -0.25) is 0 Å². The molecule has 0 spiro atoms. The third-order valence-electron chi connectivity index (χ3n) is 3.14. The largest absolute Gasteiger partial charge is 0.466 e. The lowest BCUT2D eigenvalue weighted by molar-refractivity contribution is -0.136. The summed E-state index contributed by atoms with van der Waals surface area (Å²) < 4.78 is 32.0. The average molecular weight is 308 g/mol. The van der Waals surface area contributed by atoms with Crippen LogP contribution >= 0.6 is 0 Å². The maximum Gasteiger partial charge on any atom is 0.333 e. The van der Waals surface area contributed by atoms with Crippen molar-refractivity contribution in [3.63, 3.8) is 0 Å². The molecule has 0 saturated heterocycles. The maximum atomic E-state index is 11.9. The summed E-state index contributed by atoms with van der Waals surface area (Å²) in [5.41, 5.74) is 1.08. The Labute approximate surface area is 123 Å². The molecular weight excluding hydrogens is 292 g/mol. The van der Waals surface area contributed by atoms with E-state index in [2.05, 4.69) is 4.40 Å². The molecule has 0 aliphatic carbocycles. The van der Waals surface area contributed by atoms with E-state index in [0.717, 1.165) is 0 Å². The van der Waals surface area contributed by atoms with Crippen LogP contribution in [0.5, 0.6) is 0 Å². The highest BCUT2D eigenvalue weighted by atomic mass is 32.2. The van der Waals surface area contributed by atoms with E-state index in [9.17, 15) is 13.2 Å². The van der Waals surface area contributed by atoms with Gasteiger partial charge < -0.3 is 9.64 Å². The first-order chi connectivity index (χ1) is 9.99. The average Bonchev–Trinajstić information content (AvgIpc) is 2.49. The third-order valence-corrected chi connectivity index (χ3v) is 4.41. The van der Waals surface area contributed by atoms with Crippen LogP contribution in [-0.4, -0.2) is 34.4 Å². The zero-order valence-corrected chi connectivity index (χ0v) is 12.6. The summed E-state index contributed by atoms with van der Waals surface area (Å²) in [6.45, 7) is 2.19. The van der Waals surface area contributed by atoms with Crippen LogP contribution in [0.3, 0.4) is 0 Å². The molecular formula is C14H16N2O4S. The van der Waals surface area contributed by atoms with Crippen LogP contribution in [0.2, 0.25) is 0 Å². The molecule has 7 heteroatoms. The van der Waals surface area contributed by atoms with Crippen molar-refractivity contribution < 1.29 is 17.9 Å². The molecule has 0 radical (unpaired) electrons. The molecule has 0 aromatic heterocycles. The molecule has 0 unspecified atom stereocenters. The maximum absolute atomic E-state index is 11.9. The van der Waals surface area contributed by atoms with Crippen LogP contribution in [0.25, 0.3) is 0 Å². The quantitative estimate of drug-likeness (QED) is 0.625. The predicted octanol–water partition coefficient (Wildman–Crippen LogP) is 1.73. The highest BCUT2D eigenvalue weighted by molar-refractivity contribution is 7.90. The molecule has 1 aromatic carbocycles. The van der Waals surface area contributed by atoms with Gasteiger partial charge in [-0.05, 0) is 18.6 Å². The standard InChI is InChI=1S/C14H16N2O4S/c1-3-11(14(17)20-2)8-9-16-10-15-21(18,19)13-7-5-4-6-12(13)16/h4-8,10H,3,9H2,1-2H3/b11-8-. The van der Waals surface area contributed by atoms with Crippen molar-refractivity contribution in [3.8, 4) is 0 Å². The Hall–Kier alpha value is -2.15. The number of benzene rings is 1. The summed E-state index contributed by atoms with van der Waals surface area (Å²) in [4.78, 5) is 13.4. The second-order valence-electron chi connectivity index (χ2n) is 4.39. The van der Waals surface area contributed by atoms with Gasteiger partial charge in [0.15, 0.2) is 0 Å². The molecule has 1 aliphatic heterocycles. The molecule has 21 heavy (non-hydrogen) atoms. The van der Waals surface area contributed by atoms with Crippen molar-refractivity contribution in [1.29, 1.82) is 0 Å². The van der Waals surface area contributed by atoms with Gasteiger partial charge in [0.05, 0.1) is 12.8 Å². The first-order valence-electron chi connectivity index (χ1n) is 6.43. The van der Waals surface area contributed by atoms with Crippen LogP contribution in [0.1, 0.15) is 13.3 Å². The molecule has 6 nitrogen and oxygen atoms in total. The Kier molecular flexibility index (Phi) is 4.42. The summed E-state index contributed by atoms with van der Waals surface area (Å²) in [5, 5.41) is 0. The van der Waals surface area contributed by atoms with E-state index in [1.54, 1.807) is 29.2 Å². The van der Waals surface area contributed by atoms with Crippen molar-refractivity contribution in [3.05, 3.63) is 35.9 Å². The van der Waals surface area contributed by atoms with Gasteiger partial charge in [0.1, 0.15) is 11.2 Å². The number of hydrogen-bond acceptors (Lipinski definition) is 5. The summed E-state index contributed by atoms with van der Waals surface area (Å²) >= 11 is 0. The van der Waals surface area contributed by atoms with Crippen LogP contribution in [-0.2, 0) is 19.6 Å². The van der Waals surface area contributed by atoms with Crippen LogP contribution in [0.15, 0.2) is 45.2 Å². The van der Waals surface area contributed by atoms with Gasteiger partial charge in [-0.1, -0.05) is 25.1 Å². The Morgan fingerprint density at radius 2 is 2.10 bits per heavy atom. The van der Waals surface area contributed by atoms with Gasteiger partial charge in [0.2, 0.25) is 0 Å². The van der Waals surface area contributed by atoms with Crippen molar-refractivity contribution in [2.75, 3.05) is 18.6 Å². The van der Waals surface area contributed by atoms with Crippen molar-refractivity contribution >= 4 is 28.0 Å². The molecule has 1 heterocycles. The Bertz CT molecular complexity index is 707. The number of esters is 1. The normalized spacial score (nSPS) is 16.5. The number of methoxy groups -OCH3 is 1. The zero-order valence-electron chi connectivity index (χ0n) is 11.8. The SMILES string of the molecule is CC/C(=C/CN1C=NS(=O)(=O)c2ccccc21)C(=O)OC. The minimum absolute atomic E-state index is 0.164. The highest BCUT2D eigenvalue weighted by Crippen LogP contribution is 2.29. The van der Waals surface area contributed by atoms with Crippen LogP contribution in [0, 0.1) is 0 Å². The van der Waals surface area contributed by atoms with E-state index in [-0.39, 0.29) is 10.9 Å². The number of carbonyl (C=O) groups excluding carboxylic acids is 1. The summed E-state index contributed by atoms with van der Waals surface area (Å²) in [6, 6.07) is 6.62. The molecule has 1 aliphatic rings. The van der Waals surface area contributed by atoms with E-state index < -0.39 is 10.0 Å². The highest BCUT2D eigenvalue weighted by Gasteiger charge is 2.24. The number of fused-ring (bicyclic) bond motifs is 1. The predicted molar refractivity (Wildman–Crippen MR) is 79.9 cm³/mol. The molecule has 2 rings (SSSR count). The van der Waals surface area contributed by atoms with Gasteiger partial charge in [-0.25, -0.2) is 4.79 Å². The van der Waals surface area contributed by atoms with E-state index >= 15 is 0 Å². The molecule has 0 N–H and O–H groups in total. The second kappa shape index (κ2) is 6.09. The molecule has 0 fully saturated rings. The molecule has 0 amide bonds. The smallest absolute Gasteiger partial charge is 0.333 e. The number of carbonyl (C=O) groups is 1. The molecule has 112 valence electrons. The molecule has 0 saturated carbocycles. The Morgan fingerprint density at radius 3 is 2.76 bits per heavy atom. The van der Waals surface area contributed by atoms with E-state index in [1.807, 2.05) is 6.92 Å². The van der Waals surface area contributed by atoms with Crippen molar-refractivity contribution in [2.24, 2.45) is 4.40 Å². The fourth-order valence-corrected chi connectivity index (χ4v) is 3.06. The van der Waals surface area contributed by atoms with Gasteiger partial charge in [-0.2, -0.15) is 8.42 Å². The van der Waals surface area contributed by atoms with Gasteiger partial charge in [0, 0.05) is 12.1 Å². The number of para-hydroxylation sites is 1. The lowest BCUT2D eigenvalue weighted by Gasteiger charge is -2.23. The van der Waals surface area contributed by atoms with E-state index in [4.69, 9.17) is 4.74 Å². The minimum Gasteiger partial charge on any atom is -0.466 e. The minimum atomic E-state index is -3.62. The van der Waals surface area contributed by atoms with Crippen LogP contribution < -0.4 is 4.90 Å². The summed E-state index contributed by atoms with van der Waals surface area (Å²) in [7, 11) is -2.30. The first-order valence-corrected chi connectivity index (χ1v) is 7.87. The lowest BCUT2D eigenvalue weighted by atomic mass is 10.2. The zero-order chi connectivity index (χ0) is 15.5. The lowest BCUT2D eigenvalue weighted by Crippen LogP contribution is -2.27. The molecule has 1 aromatic rings. The van der Waals surface area contributed by atoms with Crippen molar-refractivity contribution in [2.45, 2.75) is 18.2 Å². The number of hydrogen-bond donors (Lipinski definition) is 0. The summed E-state index contributed by atoms with van der Waals surface area (Å²) in [6.07, 6.45) is 3.52. The number of rotatable bonds is 4. The van der Waals surface area contributed by atoms with E-state index in [1.165, 1.54) is 19.5 Å². The third kappa shape index (κ3) is 3.13. The van der Waals surface area contributed by atoms with E-state index in [0.29, 0.717) is 24.2 Å². The second-order valence-corrected chi connectivity index (χ2v) is 5.99. The van der Waals surface area contributed by atoms with Gasteiger partial charge >= 0.3 is 5.97 Å². The number of ether oxygens (including phenoxy) is 1.